The van der Waals surface area contributed by atoms with Gasteiger partial charge in [-0.1, -0.05) is 0 Å². The van der Waals surface area contributed by atoms with Crippen molar-refractivity contribution in [2.24, 2.45) is 0 Å². The van der Waals surface area contributed by atoms with Crippen LogP contribution in [0.3, 0.4) is 0 Å². The summed E-state index contributed by atoms with van der Waals surface area (Å²) < 4.78 is 20.4. The number of ether oxygens (including phenoxy) is 4. The van der Waals surface area contributed by atoms with Crippen LogP contribution < -0.4 is 0 Å². The molecule has 0 unspecified atom stereocenters. The van der Waals surface area contributed by atoms with Crippen LogP contribution in [0.1, 0.15) is 40.5 Å². The number of ketones is 1. The Morgan fingerprint density at radius 2 is 1.74 bits per heavy atom. The highest BCUT2D eigenvalue weighted by Crippen LogP contribution is 2.12. The predicted octanol–water partition coefficient (Wildman–Crippen LogP) is 0.467. The Morgan fingerprint density at radius 1 is 1.07 bits per heavy atom. The number of aliphatic hydroxyl groups excluding tert-OH is 1. The van der Waals surface area contributed by atoms with E-state index in [9.17, 15) is 24.3 Å². The fourth-order valence-electron chi connectivity index (χ4n) is 2.25. The van der Waals surface area contributed by atoms with Gasteiger partial charge in [0.1, 0.15) is 18.3 Å². The second kappa shape index (κ2) is 10.8. The molecule has 0 aliphatic carbocycles. The lowest BCUT2D eigenvalue weighted by molar-refractivity contribution is -0.168. The Bertz CT molecular complexity index is 583. The molecule has 27 heavy (non-hydrogen) atoms. The maximum Gasteiger partial charge on any atom is 0.336 e. The van der Waals surface area contributed by atoms with Crippen LogP contribution in [0.15, 0.2) is 12.2 Å². The molecule has 1 aliphatic heterocycles. The molecule has 0 saturated heterocycles. The molecule has 5 atom stereocenters. The van der Waals surface area contributed by atoms with E-state index in [1.807, 2.05) is 0 Å². The molecule has 0 aromatic heterocycles. The van der Waals surface area contributed by atoms with E-state index in [2.05, 4.69) is 0 Å². The third-order valence-corrected chi connectivity index (χ3v) is 3.76. The van der Waals surface area contributed by atoms with E-state index >= 15 is 0 Å². The van der Waals surface area contributed by atoms with Gasteiger partial charge in [0.25, 0.3) is 0 Å². The average Bonchev–Trinajstić information content (AvgIpc) is 2.57. The number of Topliss-reactive ketones (excluding diaryl/α,β-unsaturated/α-hetero) is 1. The first-order valence-electron chi connectivity index (χ1n) is 8.75. The molecule has 1 rings (SSSR count). The van der Waals surface area contributed by atoms with E-state index in [1.165, 1.54) is 20.8 Å². The highest BCUT2D eigenvalue weighted by molar-refractivity contribution is 5.90. The molecule has 0 radical (unpaired) electrons. The van der Waals surface area contributed by atoms with Crippen molar-refractivity contribution in [1.82, 2.24) is 0 Å². The highest BCUT2D eigenvalue weighted by Gasteiger charge is 2.30. The standard InChI is InChI=1S/C18H26O9/c1-5-24-15-9-14(20)12(4)26-17(22)8-10(2)25-16(21)7-6-13(19)11(3)27-18(15)23/h6-7,10-13,15,19H,5,8-9H2,1-4H3/t10-,11-,12-,13+,15-/m0/s1. The lowest BCUT2D eigenvalue weighted by Crippen LogP contribution is -2.37. The summed E-state index contributed by atoms with van der Waals surface area (Å²) in [6.45, 7) is 6.10. The van der Waals surface area contributed by atoms with Crippen molar-refractivity contribution in [3.8, 4) is 0 Å². The molecule has 1 aliphatic rings. The summed E-state index contributed by atoms with van der Waals surface area (Å²) in [5.41, 5.74) is 0. The van der Waals surface area contributed by atoms with Gasteiger partial charge in [0.05, 0.1) is 6.42 Å². The van der Waals surface area contributed by atoms with Crippen LogP contribution in [-0.2, 0) is 38.1 Å². The zero-order chi connectivity index (χ0) is 20.6. The lowest BCUT2D eigenvalue weighted by atomic mass is 10.1. The highest BCUT2D eigenvalue weighted by atomic mass is 16.6. The normalized spacial score (nSPS) is 31.8. The van der Waals surface area contributed by atoms with Crippen molar-refractivity contribution in [2.45, 2.75) is 71.1 Å². The molecule has 152 valence electrons. The summed E-state index contributed by atoms with van der Waals surface area (Å²) in [5, 5.41) is 9.99. The van der Waals surface area contributed by atoms with Crippen molar-refractivity contribution in [3.05, 3.63) is 12.2 Å². The molecule has 0 fully saturated rings. The van der Waals surface area contributed by atoms with Crippen molar-refractivity contribution in [2.75, 3.05) is 6.61 Å². The summed E-state index contributed by atoms with van der Waals surface area (Å²) >= 11 is 0. The Hall–Kier alpha value is -2.26. The maximum atomic E-state index is 12.3. The van der Waals surface area contributed by atoms with E-state index in [4.69, 9.17) is 18.9 Å². The summed E-state index contributed by atoms with van der Waals surface area (Å²) in [5.74, 6) is -2.87. The third kappa shape index (κ3) is 7.88. The Morgan fingerprint density at radius 3 is 2.37 bits per heavy atom. The molecule has 0 aromatic rings. The van der Waals surface area contributed by atoms with Gasteiger partial charge in [-0.05, 0) is 33.8 Å². The van der Waals surface area contributed by atoms with Crippen LogP contribution in [0, 0.1) is 0 Å². The minimum absolute atomic E-state index is 0.154. The number of aliphatic hydroxyl groups is 1. The van der Waals surface area contributed by atoms with E-state index < -0.39 is 54.2 Å². The van der Waals surface area contributed by atoms with Gasteiger partial charge in [-0.2, -0.15) is 0 Å². The topological polar surface area (TPSA) is 125 Å². The van der Waals surface area contributed by atoms with Crippen LogP contribution in [0.2, 0.25) is 0 Å². The number of carbonyl (C=O) groups excluding carboxylic acids is 4. The fraction of sp³-hybridized carbons (Fsp3) is 0.667. The molecule has 9 heteroatoms. The first-order chi connectivity index (χ1) is 12.6. The zero-order valence-electron chi connectivity index (χ0n) is 15.9. The number of cyclic esters (lactones) is 3. The van der Waals surface area contributed by atoms with Gasteiger partial charge in [-0.25, -0.2) is 9.59 Å². The number of hydrogen-bond acceptors (Lipinski definition) is 9. The van der Waals surface area contributed by atoms with Gasteiger partial charge in [-0.3, -0.25) is 9.59 Å². The van der Waals surface area contributed by atoms with Crippen LogP contribution >= 0.6 is 0 Å². The molecule has 1 heterocycles. The molecule has 9 nitrogen and oxygen atoms in total. The van der Waals surface area contributed by atoms with Crippen LogP contribution in [0.25, 0.3) is 0 Å². The van der Waals surface area contributed by atoms with Gasteiger partial charge in [0.15, 0.2) is 18.0 Å². The second-order valence-corrected chi connectivity index (χ2v) is 6.19. The molecule has 0 spiro atoms. The number of esters is 3. The summed E-state index contributed by atoms with van der Waals surface area (Å²) in [7, 11) is 0. The van der Waals surface area contributed by atoms with E-state index in [0.717, 1.165) is 12.2 Å². The molecule has 0 bridgehead atoms. The van der Waals surface area contributed by atoms with Crippen molar-refractivity contribution >= 4 is 23.7 Å². The van der Waals surface area contributed by atoms with Crippen LogP contribution in [0.4, 0.5) is 0 Å². The summed E-state index contributed by atoms with van der Waals surface area (Å²) in [4.78, 5) is 48.1. The number of rotatable bonds is 2. The first-order valence-corrected chi connectivity index (χ1v) is 8.75. The zero-order valence-corrected chi connectivity index (χ0v) is 15.9. The minimum Gasteiger partial charge on any atom is -0.459 e. The minimum atomic E-state index is -1.27. The Labute approximate surface area is 157 Å². The van der Waals surface area contributed by atoms with E-state index in [-0.39, 0.29) is 19.4 Å². The maximum absolute atomic E-state index is 12.3. The lowest BCUT2D eigenvalue weighted by Gasteiger charge is -2.22. The molecular weight excluding hydrogens is 360 g/mol. The number of hydrogen-bond donors (Lipinski definition) is 1. The number of carbonyl (C=O) groups is 4. The average molecular weight is 386 g/mol. The Balaban J connectivity index is 3.02. The third-order valence-electron chi connectivity index (χ3n) is 3.76. The molecule has 1 N–H and O–H groups in total. The molecule has 0 amide bonds. The SMILES string of the molecule is CCO[C@H]1CC(=O)[C@H](C)OC(=O)C[C@H](C)OC(=O)C=C[C@@H](O)[C@H](C)OC1=O. The van der Waals surface area contributed by atoms with Crippen LogP contribution in [0.5, 0.6) is 0 Å². The van der Waals surface area contributed by atoms with Crippen molar-refractivity contribution in [1.29, 1.82) is 0 Å². The molecular formula is C18H26O9. The van der Waals surface area contributed by atoms with Crippen LogP contribution in [-0.4, -0.2) is 65.9 Å². The largest absolute Gasteiger partial charge is 0.459 e. The van der Waals surface area contributed by atoms with Gasteiger partial charge in [-0.15, -0.1) is 0 Å². The summed E-state index contributed by atoms with van der Waals surface area (Å²) in [6, 6.07) is 0. The Kier molecular flexibility index (Phi) is 9.10. The van der Waals surface area contributed by atoms with Gasteiger partial charge >= 0.3 is 17.9 Å². The van der Waals surface area contributed by atoms with Gasteiger partial charge in [0, 0.05) is 19.1 Å². The van der Waals surface area contributed by atoms with E-state index in [1.54, 1.807) is 6.92 Å². The first kappa shape index (κ1) is 22.8. The van der Waals surface area contributed by atoms with Crippen molar-refractivity contribution < 1.29 is 43.2 Å². The quantitative estimate of drug-likeness (QED) is 0.532. The summed E-state index contributed by atoms with van der Waals surface area (Å²) in [6.07, 6.45) is -3.84. The van der Waals surface area contributed by atoms with E-state index in [0.29, 0.717) is 0 Å². The van der Waals surface area contributed by atoms with Gasteiger partial charge < -0.3 is 24.1 Å². The fourth-order valence-corrected chi connectivity index (χ4v) is 2.25. The second-order valence-electron chi connectivity index (χ2n) is 6.19. The predicted molar refractivity (Wildman–Crippen MR) is 91.5 cm³/mol. The van der Waals surface area contributed by atoms with Gasteiger partial charge in [0.2, 0.25) is 0 Å². The molecule has 0 aromatic carbocycles. The smallest absolute Gasteiger partial charge is 0.336 e. The van der Waals surface area contributed by atoms with Crippen molar-refractivity contribution in [3.63, 3.8) is 0 Å². The monoisotopic (exact) mass is 386 g/mol. The molecule has 0 saturated carbocycles.